The Kier molecular flexibility index (Phi) is 4.60. The summed E-state index contributed by atoms with van der Waals surface area (Å²) in [6.45, 7) is 7.64. The van der Waals surface area contributed by atoms with Gasteiger partial charge in [0.1, 0.15) is 5.69 Å². The molecule has 1 aromatic rings. The van der Waals surface area contributed by atoms with Crippen molar-refractivity contribution in [2.45, 2.75) is 13.8 Å². The van der Waals surface area contributed by atoms with Crippen molar-refractivity contribution in [3.05, 3.63) is 18.0 Å². The van der Waals surface area contributed by atoms with E-state index in [1.54, 1.807) is 22.1 Å². The molecule has 1 aliphatic rings. The number of nitrogens with zero attached hydrogens (tertiary/aromatic N) is 4. The minimum Gasteiger partial charge on any atom is -0.334 e. The van der Waals surface area contributed by atoms with E-state index in [1.807, 2.05) is 18.7 Å². The molecule has 0 radical (unpaired) electrons. The number of hydrogen-bond acceptors (Lipinski definition) is 3. The maximum atomic E-state index is 12.2. The van der Waals surface area contributed by atoms with Gasteiger partial charge in [0.25, 0.3) is 5.91 Å². The van der Waals surface area contributed by atoms with Crippen LogP contribution in [0.5, 0.6) is 0 Å². The molecule has 0 atom stereocenters. The lowest BCUT2D eigenvalue weighted by atomic mass is 10.3. The Labute approximate surface area is 118 Å². The van der Waals surface area contributed by atoms with Crippen LogP contribution in [0.1, 0.15) is 24.3 Å². The highest BCUT2D eigenvalue weighted by molar-refractivity contribution is 5.92. The number of H-pyrrole nitrogens is 1. The average molecular weight is 279 g/mol. The summed E-state index contributed by atoms with van der Waals surface area (Å²) in [6.07, 6.45) is 1.56. The molecule has 3 amide bonds. The second-order valence-electron chi connectivity index (χ2n) is 4.70. The Hall–Kier alpha value is -2.05. The number of carbonyl (C=O) groups excluding carboxylic acids is 2. The lowest BCUT2D eigenvalue weighted by Crippen LogP contribution is -2.54. The average Bonchev–Trinajstić information content (AvgIpc) is 3.02. The van der Waals surface area contributed by atoms with Crippen molar-refractivity contribution in [1.29, 1.82) is 0 Å². The normalized spacial score (nSPS) is 15.3. The first-order valence-corrected chi connectivity index (χ1v) is 6.99. The highest BCUT2D eigenvalue weighted by Gasteiger charge is 2.27. The molecule has 7 heteroatoms. The van der Waals surface area contributed by atoms with Gasteiger partial charge in [-0.25, -0.2) is 4.79 Å². The van der Waals surface area contributed by atoms with Gasteiger partial charge in [-0.3, -0.25) is 9.89 Å². The van der Waals surface area contributed by atoms with Crippen LogP contribution < -0.4 is 0 Å². The minimum atomic E-state index is -0.0579. The highest BCUT2D eigenvalue weighted by atomic mass is 16.2. The highest BCUT2D eigenvalue weighted by Crippen LogP contribution is 2.09. The molecule has 1 aromatic heterocycles. The van der Waals surface area contributed by atoms with Gasteiger partial charge in [-0.15, -0.1) is 0 Å². The summed E-state index contributed by atoms with van der Waals surface area (Å²) in [5, 5.41) is 6.46. The van der Waals surface area contributed by atoms with Crippen LogP contribution in [0.2, 0.25) is 0 Å². The fourth-order valence-corrected chi connectivity index (χ4v) is 2.34. The molecule has 1 N–H and O–H groups in total. The quantitative estimate of drug-likeness (QED) is 0.882. The lowest BCUT2D eigenvalue weighted by Gasteiger charge is -2.36. The topological polar surface area (TPSA) is 72.5 Å². The predicted octanol–water partition coefficient (Wildman–Crippen LogP) is 0.629. The molecule has 0 spiro atoms. The second-order valence-corrected chi connectivity index (χ2v) is 4.70. The summed E-state index contributed by atoms with van der Waals surface area (Å²) in [7, 11) is 0. The Morgan fingerprint density at radius 1 is 1.20 bits per heavy atom. The van der Waals surface area contributed by atoms with Gasteiger partial charge in [0, 0.05) is 45.5 Å². The second kappa shape index (κ2) is 6.40. The number of carbonyl (C=O) groups is 2. The first kappa shape index (κ1) is 14.4. The summed E-state index contributed by atoms with van der Waals surface area (Å²) in [6, 6.07) is 1.72. The molecular weight excluding hydrogens is 258 g/mol. The standard InChI is InChI=1S/C13H21N5O2/c1-3-16(4-2)13(20)18-9-7-17(8-10-18)12(19)11-5-6-14-15-11/h5-6H,3-4,7-10H2,1-2H3,(H,14,15). The maximum absolute atomic E-state index is 12.2. The van der Waals surface area contributed by atoms with Gasteiger partial charge in [0.05, 0.1) is 0 Å². The molecule has 1 saturated heterocycles. The van der Waals surface area contributed by atoms with E-state index in [1.165, 1.54) is 0 Å². The summed E-state index contributed by atoms with van der Waals surface area (Å²) in [4.78, 5) is 29.7. The smallest absolute Gasteiger partial charge is 0.320 e. The molecule has 0 saturated carbocycles. The van der Waals surface area contributed by atoms with E-state index in [4.69, 9.17) is 0 Å². The van der Waals surface area contributed by atoms with Gasteiger partial charge in [-0.05, 0) is 19.9 Å². The molecule has 1 aliphatic heterocycles. The third-order valence-corrected chi connectivity index (χ3v) is 3.60. The Morgan fingerprint density at radius 3 is 2.30 bits per heavy atom. The van der Waals surface area contributed by atoms with Crippen LogP contribution in [0, 0.1) is 0 Å². The summed E-state index contributed by atoms with van der Waals surface area (Å²) >= 11 is 0. The number of rotatable bonds is 3. The van der Waals surface area contributed by atoms with Crippen molar-refractivity contribution in [1.82, 2.24) is 24.9 Å². The van der Waals surface area contributed by atoms with E-state index >= 15 is 0 Å². The number of piperazine rings is 1. The van der Waals surface area contributed by atoms with Gasteiger partial charge >= 0.3 is 6.03 Å². The molecule has 110 valence electrons. The monoisotopic (exact) mass is 279 g/mol. The third-order valence-electron chi connectivity index (χ3n) is 3.60. The molecule has 2 rings (SSSR count). The fraction of sp³-hybridized carbons (Fsp3) is 0.615. The summed E-state index contributed by atoms with van der Waals surface area (Å²) < 4.78 is 0. The first-order valence-electron chi connectivity index (χ1n) is 6.99. The van der Waals surface area contributed by atoms with Crippen molar-refractivity contribution >= 4 is 11.9 Å². The predicted molar refractivity (Wildman–Crippen MR) is 74.4 cm³/mol. The van der Waals surface area contributed by atoms with Crippen LogP contribution >= 0.6 is 0 Å². The molecule has 0 aromatic carbocycles. The first-order chi connectivity index (χ1) is 9.67. The Balaban J connectivity index is 1.89. The number of hydrogen-bond donors (Lipinski definition) is 1. The Bertz CT molecular complexity index is 447. The van der Waals surface area contributed by atoms with Gasteiger partial charge in [-0.2, -0.15) is 5.10 Å². The van der Waals surface area contributed by atoms with Crippen LogP contribution in [0.25, 0.3) is 0 Å². The van der Waals surface area contributed by atoms with Gasteiger partial charge in [0.15, 0.2) is 0 Å². The fourth-order valence-electron chi connectivity index (χ4n) is 2.34. The summed E-state index contributed by atoms with van der Waals surface area (Å²) in [5.74, 6) is -0.0579. The molecule has 0 unspecified atom stereocenters. The molecule has 20 heavy (non-hydrogen) atoms. The molecule has 2 heterocycles. The van der Waals surface area contributed by atoms with Crippen molar-refractivity contribution in [3.8, 4) is 0 Å². The van der Waals surface area contributed by atoms with Crippen molar-refractivity contribution in [2.24, 2.45) is 0 Å². The van der Waals surface area contributed by atoms with E-state index in [0.29, 0.717) is 45.0 Å². The number of aromatic amines is 1. The number of aromatic nitrogens is 2. The molecular formula is C13H21N5O2. The third kappa shape index (κ3) is 2.92. The van der Waals surface area contributed by atoms with Crippen LogP contribution in [-0.4, -0.2) is 76.1 Å². The zero-order valence-electron chi connectivity index (χ0n) is 12.0. The van der Waals surface area contributed by atoms with Crippen LogP contribution in [0.4, 0.5) is 4.79 Å². The zero-order chi connectivity index (χ0) is 14.5. The zero-order valence-corrected chi connectivity index (χ0v) is 12.0. The maximum Gasteiger partial charge on any atom is 0.320 e. The number of amides is 3. The molecule has 0 aliphatic carbocycles. The van der Waals surface area contributed by atoms with E-state index in [9.17, 15) is 9.59 Å². The Morgan fingerprint density at radius 2 is 1.80 bits per heavy atom. The molecule has 1 fully saturated rings. The summed E-state index contributed by atoms with van der Waals surface area (Å²) in [5.41, 5.74) is 0.494. The van der Waals surface area contributed by atoms with E-state index in [-0.39, 0.29) is 11.9 Å². The van der Waals surface area contributed by atoms with E-state index < -0.39 is 0 Å². The van der Waals surface area contributed by atoms with Crippen LogP contribution in [0.15, 0.2) is 12.3 Å². The van der Waals surface area contributed by atoms with Crippen LogP contribution in [0.3, 0.4) is 0 Å². The van der Waals surface area contributed by atoms with Gasteiger partial charge < -0.3 is 14.7 Å². The van der Waals surface area contributed by atoms with Gasteiger partial charge in [-0.1, -0.05) is 0 Å². The van der Waals surface area contributed by atoms with Gasteiger partial charge in [0.2, 0.25) is 0 Å². The van der Waals surface area contributed by atoms with Crippen molar-refractivity contribution in [3.63, 3.8) is 0 Å². The molecule has 7 nitrogen and oxygen atoms in total. The minimum absolute atomic E-state index is 0.0579. The number of nitrogens with one attached hydrogen (secondary N) is 1. The lowest BCUT2D eigenvalue weighted by molar-refractivity contribution is 0.0636. The van der Waals surface area contributed by atoms with Crippen LogP contribution in [-0.2, 0) is 0 Å². The number of urea groups is 1. The van der Waals surface area contributed by atoms with E-state index in [0.717, 1.165) is 0 Å². The SMILES string of the molecule is CCN(CC)C(=O)N1CCN(C(=O)c2ccn[nH]2)CC1. The van der Waals surface area contributed by atoms with Crippen molar-refractivity contribution < 1.29 is 9.59 Å². The van der Waals surface area contributed by atoms with E-state index in [2.05, 4.69) is 10.2 Å². The largest absolute Gasteiger partial charge is 0.334 e. The molecule has 0 bridgehead atoms. The van der Waals surface area contributed by atoms with Crippen molar-refractivity contribution in [2.75, 3.05) is 39.3 Å².